The van der Waals surface area contributed by atoms with Crippen LogP contribution >= 0.6 is 0 Å². The maximum atomic E-state index is 5.58. The molecule has 1 radical (unpaired) electrons. The van der Waals surface area contributed by atoms with E-state index in [2.05, 4.69) is 38.2 Å². The van der Waals surface area contributed by atoms with Gasteiger partial charge in [-0.1, -0.05) is 24.3 Å². The number of ether oxygens (including phenoxy) is 1. The van der Waals surface area contributed by atoms with Gasteiger partial charge >= 0.3 is 0 Å². The minimum absolute atomic E-state index is 1.01. The molecule has 0 unspecified atom stereocenters. The summed E-state index contributed by atoms with van der Waals surface area (Å²) in [4.78, 5) is 0. The van der Waals surface area contributed by atoms with Crippen LogP contribution in [0.2, 0.25) is 0 Å². The van der Waals surface area contributed by atoms with Gasteiger partial charge in [0.25, 0.3) is 0 Å². The molecule has 0 N–H and O–H groups in total. The van der Waals surface area contributed by atoms with Crippen molar-refractivity contribution in [3.63, 3.8) is 0 Å². The molecule has 0 aromatic heterocycles. The summed E-state index contributed by atoms with van der Waals surface area (Å²) in [6.07, 6.45) is 11.8. The first-order valence-corrected chi connectivity index (χ1v) is 5.38. The Labute approximate surface area is 91.8 Å². The van der Waals surface area contributed by atoms with Gasteiger partial charge in [0, 0.05) is 7.11 Å². The first kappa shape index (κ1) is 10.4. The van der Waals surface area contributed by atoms with Gasteiger partial charge in [0.1, 0.15) is 6.10 Å². The molecular formula is C14H17O. The quantitative estimate of drug-likeness (QED) is 0.676. The molecule has 0 fully saturated rings. The highest BCUT2D eigenvalue weighted by molar-refractivity contribution is 5.51. The first-order valence-electron chi connectivity index (χ1n) is 5.38. The maximum absolute atomic E-state index is 5.58. The summed E-state index contributed by atoms with van der Waals surface area (Å²) < 4.78 is 5.58. The van der Waals surface area contributed by atoms with Crippen LogP contribution in [0.25, 0.3) is 0 Å². The average molecular weight is 201 g/mol. The van der Waals surface area contributed by atoms with Crippen LogP contribution < -0.4 is 0 Å². The predicted molar refractivity (Wildman–Crippen MR) is 63.2 cm³/mol. The summed E-state index contributed by atoms with van der Waals surface area (Å²) in [7, 11) is 1.77. The topological polar surface area (TPSA) is 9.23 Å². The first-order chi connectivity index (χ1) is 7.24. The van der Waals surface area contributed by atoms with E-state index in [1.807, 2.05) is 0 Å². The van der Waals surface area contributed by atoms with E-state index < -0.39 is 0 Å². The molecule has 15 heavy (non-hydrogen) atoms. The molecular weight excluding hydrogens is 184 g/mol. The van der Waals surface area contributed by atoms with Crippen molar-refractivity contribution in [2.75, 3.05) is 7.11 Å². The summed E-state index contributed by atoms with van der Waals surface area (Å²) in [5.41, 5.74) is 5.35. The molecule has 0 heterocycles. The van der Waals surface area contributed by atoms with E-state index in [1.54, 1.807) is 7.11 Å². The SMILES string of the molecule is CO[C](C1=C(C)C=CC1)C1=C(C)C=CC1. The third kappa shape index (κ3) is 1.84. The van der Waals surface area contributed by atoms with Crippen LogP contribution in [0.5, 0.6) is 0 Å². The van der Waals surface area contributed by atoms with Crippen LogP contribution in [0.4, 0.5) is 0 Å². The third-order valence-electron chi connectivity index (χ3n) is 3.08. The summed E-state index contributed by atoms with van der Waals surface area (Å²) in [5.74, 6) is 0. The van der Waals surface area contributed by atoms with Gasteiger partial charge < -0.3 is 4.74 Å². The van der Waals surface area contributed by atoms with Crippen molar-refractivity contribution in [2.45, 2.75) is 26.7 Å². The molecule has 1 nitrogen and oxygen atoms in total. The molecule has 2 rings (SSSR count). The minimum atomic E-state index is 1.01. The fourth-order valence-electron chi connectivity index (χ4n) is 2.20. The van der Waals surface area contributed by atoms with E-state index in [4.69, 9.17) is 4.74 Å². The molecule has 0 aromatic rings. The Hall–Kier alpha value is -1.08. The van der Waals surface area contributed by atoms with Crippen molar-refractivity contribution < 1.29 is 4.74 Å². The third-order valence-corrected chi connectivity index (χ3v) is 3.08. The number of rotatable bonds is 3. The van der Waals surface area contributed by atoms with Crippen molar-refractivity contribution in [3.05, 3.63) is 52.7 Å². The second-order valence-corrected chi connectivity index (χ2v) is 4.07. The lowest BCUT2D eigenvalue weighted by molar-refractivity contribution is 0.239. The molecule has 0 spiro atoms. The van der Waals surface area contributed by atoms with Gasteiger partial charge in [0.15, 0.2) is 0 Å². The molecule has 1 heteroatoms. The highest BCUT2D eigenvalue weighted by Gasteiger charge is 2.24. The van der Waals surface area contributed by atoms with E-state index in [1.165, 1.54) is 22.3 Å². The van der Waals surface area contributed by atoms with Crippen LogP contribution in [0, 0.1) is 6.10 Å². The second-order valence-electron chi connectivity index (χ2n) is 4.07. The normalized spacial score (nSPS) is 20.3. The molecule has 2 aliphatic rings. The van der Waals surface area contributed by atoms with E-state index in [0.717, 1.165) is 18.9 Å². The Morgan fingerprint density at radius 1 is 1.00 bits per heavy atom. The van der Waals surface area contributed by atoms with E-state index in [9.17, 15) is 0 Å². The lowest BCUT2D eigenvalue weighted by Crippen LogP contribution is -2.08. The molecule has 0 atom stereocenters. The Kier molecular flexibility index (Phi) is 2.92. The van der Waals surface area contributed by atoms with Gasteiger partial charge in [0.2, 0.25) is 0 Å². The molecule has 0 aliphatic heterocycles. The number of hydrogen-bond acceptors (Lipinski definition) is 1. The molecule has 0 saturated heterocycles. The monoisotopic (exact) mass is 201 g/mol. The van der Waals surface area contributed by atoms with Crippen molar-refractivity contribution in [2.24, 2.45) is 0 Å². The van der Waals surface area contributed by atoms with Crippen molar-refractivity contribution >= 4 is 0 Å². The van der Waals surface area contributed by atoms with Gasteiger partial charge in [-0.05, 0) is 49.0 Å². The highest BCUT2D eigenvalue weighted by Crippen LogP contribution is 2.38. The zero-order valence-corrected chi connectivity index (χ0v) is 9.63. The smallest absolute Gasteiger partial charge is 0.148 e. The van der Waals surface area contributed by atoms with Crippen molar-refractivity contribution in [3.8, 4) is 0 Å². The Morgan fingerprint density at radius 2 is 1.47 bits per heavy atom. The van der Waals surface area contributed by atoms with Crippen LogP contribution in [-0.4, -0.2) is 7.11 Å². The van der Waals surface area contributed by atoms with Crippen molar-refractivity contribution in [1.82, 2.24) is 0 Å². The van der Waals surface area contributed by atoms with Gasteiger partial charge in [-0.15, -0.1) is 0 Å². The van der Waals surface area contributed by atoms with Crippen LogP contribution in [0.1, 0.15) is 26.7 Å². The fraction of sp³-hybridized carbons (Fsp3) is 0.357. The van der Waals surface area contributed by atoms with E-state index >= 15 is 0 Å². The lowest BCUT2D eigenvalue weighted by Gasteiger charge is -2.19. The summed E-state index contributed by atoms with van der Waals surface area (Å²) in [6, 6.07) is 0. The summed E-state index contributed by atoms with van der Waals surface area (Å²) >= 11 is 0. The van der Waals surface area contributed by atoms with Gasteiger partial charge in [-0.2, -0.15) is 0 Å². The average Bonchev–Trinajstić information content (AvgIpc) is 2.80. The lowest BCUT2D eigenvalue weighted by atomic mass is 9.95. The van der Waals surface area contributed by atoms with E-state index in [-0.39, 0.29) is 0 Å². The van der Waals surface area contributed by atoms with Gasteiger partial charge in [-0.25, -0.2) is 0 Å². The Balaban J connectivity index is 2.26. The maximum Gasteiger partial charge on any atom is 0.148 e. The highest BCUT2D eigenvalue weighted by atomic mass is 16.5. The molecule has 0 aromatic carbocycles. The molecule has 79 valence electrons. The van der Waals surface area contributed by atoms with Gasteiger partial charge in [-0.3, -0.25) is 0 Å². The largest absolute Gasteiger partial charge is 0.366 e. The Morgan fingerprint density at radius 3 is 1.73 bits per heavy atom. The van der Waals surface area contributed by atoms with Gasteiger partial charge in [0.05, 0.1) is 0 Å². The standard InChI is InChI=1S/C14H17O/c1-10-6-4-8-12(10)14(15-3)13-9-5-7-11(13)2/h4-7H,8-9H2,1-3H3. The van der Waals surface area contributed by atoms with Crippen LogP contribution in [0.3, 0.4) is 0 Å². The number of hydrogen-bond donors (Lipinski definition) is 0. The second kappa shape index (κ2) is 4.19. The molecule has 2 aliphatic carbocycles. The zero-order valence-electron chi connectivity index (χ0n) is 9.63. The summed E-state index contributed by atoms with van der Waals surface area (Å²) in [5, 5.41) is 0. The summed E-state index contributed by atoms with van der Waals surface area (Å²) in [6.45, 7) is 4.30. The number of allylic oxidation sites excluding steroid dienone is 6. The zero-order chi connectivity index (χ0) is 10.8. The van der Waals surface area contributed by atoms with E-state index in [0.29, 0.717) is 0 Å². The Bertz CT molecular complexity index is 344. The fourth-order valence-corrected chi connectivity index (χ4v) is 2.20. The van der Waals surface area contributed by atoms with Crippen LogP contribution in [0.15, 0.2) is 46.6 Å². The predicted octanol–water partition coefficient (Wildman–Crippen LogP) is 3.72. The minimum Gasteiger partial charge on any atom is -0.366 e. The molecule has 0 amide bonds. The number of methoxy groups -OCH3 is 1. The molecule has 0 saturated carbocycles. The van der Waals surface area contributed by atoms with Crippen molar-refractivity contribution in [1.29, 1.82) is 0 Å². The van der Waals surface area contributed by atoms with Crippen LogP contribution in [-0.2, 0) is 4.74 Å². The molecule has 0 bridgehead atoms.